The van der Waals surface area contributed by atoms with Crippen molar-refractivity contribution >= 4 is 0 Å². The minimum Gasteiger partial charge on any atom is -0.358 e. The average molecular weight is 113 g/mol. The lowest BCUT2D eigenvalue weighted by Gasteiger charge is -2.08. The zero-order valence-corrected chi connectivity index (χ0v) is 5.05. The van der Waals surface area contributed by atoms with Gasteiger partial charge in [0.25, 0.3) is 0 Å². The van der Waals surface area contributed by atoms with Gasteiger partial charge in [-0.05, 0) is 19.8 Å². The maximum Gasteiger partial charge on any atom is 0.120 e. The van der Waals surface area contributed by atoms with Crippen LogP contribution in [0.1, 0.15) is 19.8 Å². The van der Waals surface area contributed by atoms with Crippen LogP contribution in [0.15, 0.2) is 0 Å². The van der Waals surface area contributed by atoms with E-state index in [9.17, 15) is 0 Å². The monoisotopic (exact) mass is 113 g/mol. The van der Waals surface area contributed by atoms with E-state index in [1.807, 2.05) is 0 Å². The molecule has 1 saturated carbocycles. The largest absolute Gasteiger partial charge is 0.358 e. The van der Waals surface area contributed by atoms with Crippen LogP contribution in [0.3, 0.4) is 0 Å². The summed E-state index contributed by atoms with van der Waals surface area (Å²) in [5.74, 6) is 0.692. The van der Waals surface area contributed by atoms with Crippen molar-refractivity contribution in [3.05, 3.63) is 0 Å². The molecule has 0 radical (unpaired) electrons. The Morgan fingerprint density at radius 3 is 2.75 bits per heavy atom. The predicted molar refractivity (Wildman–Crippen MR) is 30.2 cm³/mol. The molecule has 2 rings (SSSR count). The Hall–Kier alpha value is -0.0800. The van der Waals surface area contributed by atoms with E-state index in [2.05, 4.69) is 6.92 Å². The van der Waals surface area contributed by atoms with E-state index in [0.29, 0.717) is 12.0 Å². The molecule has 2 nitrogen and oxygen atoms in total. The highest BCUT2D eigenvalue weighted by Crippen LogP contribution is 2.51. The first-order valence-electron chi connectivity index (χ1n) is 3.17. The Labute approximate surface area is 49.0 Å². The molecule has 0 amide bonds. The van der Waals surface area contributed by atoms with Crippen LogP contribution in [0.4, 0.5) is 0 Å². The van der Waals surface area contributed by atoms with Crippen LogP contribution in [0.2, 0.25) is 0 Å². The Morgan fingerprint density at radius 1 is 1.75 bits per heavy atom. The zero-order valence-electron chi connectivity index (χ0n) is 5.05. The Morgan fingerprint density at radius 2 is 2.50 bits per heavy atom. The lowest BCUT2D eigenvalue weighted by Crippen LogP contribution is -2.25. The standard InChI is InChI=1S/C6H11NO/c1-4-2-5-3-6(5,7)8-4/h4-5H,2-3,7H2,1H3/t4-,5?,6?/m1/s1. The lowest BCUT2D eigenvalue weighted by atomic mass is 10.2. The topological polar surface area (TPSA) is 35.2 Å². The van der Waals surface area contributed by atoms with Gasteiger partial charge in [-0.25, -0.2) is 0 Å². The summed E-state index contributed by atoms with van der Waals surface area (Å²) in [6.45, 7) is 2.08. The van der Waals surface area contributed by atoms with Crippen molar-refractivity contribution < 1.29 is 4.74 Å². The normalized spacial score (nSPS) is 60.8. The second-order valence-electron chi connectivity index (χ2n) is 3.02. The van der Waals surface area contributed by atoms with E-state index in [1.165, 1.54) is 6.42 Å². The molecule has 0 aromatic carbocycles. The summed E-state index contributed by atoms with van der Waals surface area (Å²) in [6, 6.07) is 0. The third-order valence-corrected chi connectivity index (χ3v) is 2.13. The van der Waals surface area contributed by atoms with Gasteiger partial charge in [-0.15, -0.1) is 0 Å². The SMILES string of the molecule is C[C@@H]1CC2CC2(N)O1. The van der Waals surface area contributed by atoms with Crippen LogP contribution in [0, 0.1) is 5.92 Å². The highest BCUT2D eigenvalue weighted by Gasteiger charge is 2.58. The van der Waals surface area contributed by atoms with Crippen molar-refractivity contribution in [1.29, 1.82) is 0 Å². The summed E-state index contributed by atoms with van der Waals surface area (Å²) in [6.07, 6.45) is 2.69. The summed E-state index contributed by atoms with van der Waals surface area (Å²) >= 11 is 0. The van der Waals surface area contributed by atoms with Gasteiger partial charge in [0.1, 0.15) is 5.72 Å². The van der Waals surface area contributed by atoms with E-state index in [4.69, 9.17) is 10.5 Å². The molecule has 0 spiro atoms. The van der Waals surface area contributed by atoms with Crippen molar-refractivity contribution in [3.8, 4) is 0 Å². The molecule has 2 unspecified atom stereocenters. The van der Waals surface area contributed by atoms with Crippen molar-refractivity contribution in [2.24, 2.45) is 11.7 Å². The predicted octanol–water partition coefficient (Wildman–Crippen LogP) is 0.470. The highest BCUT2D eigenvalue weighted by molar-refractivity contribution is 5.05. The van der Waals surface area contributed by atoms with E-state index in [-0.39, 0.29) is 5.72 Å². The second kappa shape index (κ2) is 1.09. The van der Waals surface area contributed by atoms with Gasteiger partial charge in [0, 0.05) is 5.92 Å². The number of nitrogens with two attached hydrogens (primary N) is 1. The van der Waals surface area contributed by atoms with Gasteiger partial charge < -0.3 is 10.5 Å². The molecular weight excluding hydrogens is 102 g/mol. The van der Waals surface area contributed by atoms with Crippen LogP contribution in [0.25, 0.3) is 0 Å². The van der Waals surface area contributed by atoms with Crippen LogP contribution in [-0.2, 0) is 4.74 Å². The van der Waals surface area contributed by atoms with Crippen LogP contribution in [0.5, 0.6) is 0 Å². The first kappa shape index (κ1) is 4.77. The van der Waals surface area contributed by atoms with Gasteiger partial charge >= 0.3 is 0 Å². The van der Waals surface area contributed by atoms with Gasteiger partial charge in [-0.1, -0.05) is 0 Å². The smallest absolute Gasteiger partial charge is 0.120 e. The third-order valence-electron chi connectivity index (χ3n) is 2.13. The van der Waals surface area contributed by atoms with E-state index >= 15 is 0 Å². The molecule has 2 fully saturated rings. The number of ether oxygens (including phenoxy) is 1. The molecule has 1 aliphatic heterocycles. The van der Waals surface area contributed by atoms with Crippen molar-refractivity contribution in [2.45, 2.75) is 31.6 Å². The van der Waals surface area contributed by atoms with Gasteiger partial charge in [-0.2, -0.15) is 0 Å². The molecule has 0 aromatic rings. The minimum absolute atomic E-state index is 0.167. The number of fused-ring (bicyclic) bond motifs is 1. The summed E-state index contributed by atoms with van der Waals surface area (Å²) in [5, 5.41) is 0. The van der Waals surface area contributed by atoms with Crippen molar-refractivity contribution in [3.63, 3.8) is 0 Å². The van der Waals surface area contributed by atoms with Crippen LogP contribution in [-0.4, -0.2) is 11.8 Å². The zero-order chi connectivity index (χ0) is 5.78. The third kappa shape index (κ3) is 0.446. The molecule has 1 heterocycles. The molecule has 46 valence electrons. The fourth-order valence-electron chi connectivity index (χ4n) is 1.58. The van der Waals surface area contributed by atoms with E-state index < -0.39 is 0 Å². The summed E-state index contributed by atoms with van der Waals surface area (Å²) in [4.78, 5) is 0. The first-order valence-corrected chi connectivity index (χ1v) is 3.17. The maximum atomic E-state index is 5.72. The second-order valence-corrected chi connectivity index (χ2v) is 3.02. The van der Waals surface area contributed by atoms with E-state index in [1.54, 1.807) is 0 Å². The molecular formula is C6H11NO. The van der Waals surface area contributed by atoms with Crippen molar-refractivity contribution in [2.75, 3.05) is 0 Å². The Balaban J connectivity index is 2.10. The molecule has 0 aromatic heterocycles. The van der Waals surface area contributed by atoms with E-state index in [0.717, 1.165) is 6.42 Å². The minimum atomic E-state index is -0.167. The molecule has 2 aliphatic rings. The lowest BCUT2D eigenvalue weighted by molar-refractivity contribution is 0.0178. The molecule has 3 atom stereocenters. The summed E-state index contributed by atoms with van der Waals surface area (Å²) in [7, 11) is 0. The highest BCUT2D eigenvalue weighted by atomic mass is 16.5. The fraction of sp³-hybridized carbons (Fsp3) is 1.00. The number of hydrogen-bond donors (Lipinski definition) is 1. The van der Waals surface area contributed by atoms with Gasteiger partial charge in [-0.3, -0.25) is 0 Å². The van der Waals surface area contributed by atoms with Gasteiger partial charge in [0.2, 0.25) is 0 Å². The van der Waals surface area contributed by atoms with Gasteiger partial charge in [0.15, 0.2) is 0 Å². The number of rotatable bonds is 0. The summed E-state index contributed by atoms with van der Waals surface area (Å²) in [5.41, 5.74) is 5.55. The molecule has 2 heteroatoms. The van der Waals surface area contributed by atoms with Crippen LogP contribution < -0.4 is 5.73 Å². The Kier molecular flexibility index (Phi) is 0.649. The number of hydrogen-bond acceptors (Lipinski definition) is 2. The Bertz CT molecular complexity index is 126. The molecule has 2 N–H and O–H groups in total. The molecule has 1 aliphatic carbocycles. The molecule has 1 saturated heterocycles. The molecule has 0 bridgehead atoms. The maximum absolute atomic E-state index is 5.72. The quantitative estimate of drug-likeness (QED) is 0.495. The average Bonchev–Trinajstić information content (AvgIpc) is 2.07. The van der Waals surface area contributed by atoms with Gasteiger partial charge in [0.05, 0.1) is 6.10 Å². The van der Waals surface area contributed by atoms with Crippen molar-refractivity contribution in [1.82, 2.24) is 0 Å². The summed E-state index contributed by atoms with van der Waals surface area (Å²) < 4.78 is 5.40. The first-order chi connectivity index (χ1) is 3.71. The van der Waals surface area contributed by atoms with Crippen LogP contribution >= 0.6 is 0 Å². The fourth-order valence-corrected chi connectivity index (χ4v) is 1.58. The molecule has 8 heavy (non-hydrogen) atoms.